The molecule has 3 aromatic rings. The summed E-state index contributed by atoms with van der Waals surface area (Å²) in [5.74, 6) is -0.511. The van der Waals surface area contributed by atoms with Gasteiger partial charge in [-0.15, -0.1) is 0 Å². The van der Waals surface area contributed by atoms with Gasteiger partial charge in [0, 0.05) is 30.4 Å². The van der Waals surface area contributed by atoms with Crippen LogP contribution in [0, 0.1) is 24.0 Å². The second-order valence-corrected chi connectivity index (χ2v) is 9.02. The number of benzene rings is 3. The molecule has 0 spiro atoms. The maximum absolute atomic E-state index is 13.0. The van der Waals surface area contributed by atoms with Crippen molar-refractivity contribution < 1.29 is 18.1 Å². The minimum absolute atomic E-state index is 0.145. The van der Waals surface area contributed by atoms with Gasteiger partial charge in [0.25, 0.3) is 21.6 Å². The largest absolute Gasteiger partial charge is 0.322 e. The minimum atomic E-state index is -3.82. The fraction of sp³-hybridized carbons (Fsp3) is 0.136. The van der Waals surface area contributed by atoms with Crippen molar-refractivity contribution >= 4 is 33.0 Å². The van der Waals surface area contributed by atoms with Crippen LogP contribution in [-0.2, 0) is 10.0 Å². The molecule has 0 aliphatic heterocycles. The van der Waals surface area contributed by atoms with Crippen LogP contribution in [0.3, 0.4) is 0 Å². The van der Waals surface area contributed by atoms with E-state index in [2.05, 4.69) is 5.32 Å². The molecule has 1 amide bonds. The van der Waals surface area contributed by atoms with Crippen LogP contribution < -0.4 is 9.62 Å². The van der Waals surface area contributed by atoms with Gasteiger partial charge in [-0.2, -0.15) is 0 Å². The maximum Gasteiger partial charge on any atom is 0.271 e. The molecule has 3 aromatic carbocycles. The van der Waals surface area contributed by atoms with Gasteiger partial charge >= 0.3 is 0 Å². The normalized spacial score (nSPS) is 11.1. The van der Waals surface area contributed by atoms with Crippen LogP contribution >= 0.6 is 0 Å². The molecule has 0 aliphatic rings. The lowest BCUT2D eigenvalue weighted by atomic mass is 10.1. The van der Waals surface area contributed by atoms with Crippen molar-refractivity contribution in [2.24, 2.45) is 0 Å². The Hall–Kier alpha value is -3.72. The Balaban J connectivity index is 1.90. The van der Waals surface area contributed by atoms with Crippen molar-refractivity contribution in [2.75, 3.05) is 16.7 Å². The van der Waals surface area contributed by atoms with Gasteiger partial charge < -0.3 is 5.32 Å². The number of amides is 1. The van der Waals surface area contributed by atoms with E-state index in [-0.39, 0.29) is 21.8 Å². The van der Waals surface area contributed by atoms with Crippen molar-refractivity contribution in [1.29, 1.82) is 0 Å². The SMILES string of the molecule is Cc1ccc(S(=O)(=O)N(C)c2cc(C(=O)Nc3cccc([N+](=O)[O-])c3)ccc2C)cc1. The zero-order valence-electron chi connectivity index (χ0n) is 17.2. The van der Waals surface area contributed by atoms with E-state index in [0.717, 1.165) is 9.87 Å². The fourth-order valence-corrected chi connectivity index (χ4v) is 4.24. The van der Waals surface area contributed by atoms with E-state index in [1.54, 1.807) is 31.2 Å². The number of nitrogens with zero attached hydrogens (tertiary/aromatic N) is 2. The minimum Gasteiger partial charge on any atom is -0.322 e. The highest BCUT2D eigenvalue weighted by Crippen LogP contribution is 2.27. The van der Waals surface area contributed by atoms with Crippen molar-refractivity contribution in [1.82, 2.24) is 0 Å². The Morgan fingerprint density at radius 1 is 1.00 bits per heavy atom. The molecular formula is C22H21N3O5S. The summed E-state index contributed by atoms with van der Waals surface area (Å²) in [5.41, 5.74) is 2.31. The first-order valence-electron chi connectivity index (χ1n) is 9.31. The molecule has 0 radical (unpaired) electrons. The number of carbonyl (C=O) groups is 1. The molecule has 0 fully saturated rings. The van der Waals surface area contributed by atoms with Crippen molar-refractivity contribution in [2.45, 2.75) is 18.7 Å². The van der Waals surface area contributed by atoms with E-state index in [1.165, 1.54) is 49.5 Å². The molecule has 0 saturated heterocycles. The summed E-state index contributed by atoms with van der Waals surface area (Å²) >= 11 is 0. The van der Waals surface area contributed by atoms with Crippen LogP contribution in [0.5, 0.6) is 0 Å². The third kappa shape index (κ3) is 4.72. The molecule has 0 unspecified atom stereocenters. The Labute approximate surface area is 180 Å². The van der Waals surface area contributed by atoms with Gasteiger partial charge in [0.05, 0.1) is 15.5 Å². The average Bonchev–Trinajstić information content (AvgIpc) is 2.74. The number of hydrogen-bond donors (Lipinski definition) is 1. The van der Waals surface area contributed by atoms with Crippen molar-refractivity contribution in [3.05, 3.63) is 93.5 Å². The van der Waals surface area contributed by atoms with Gasteiger partial charge in [0.1, 0.15) is 0 Å². The lowest BCUT2D eigenvalue weighted by Crippen LogP contribution is -2.27. The molecule has 8 nitrogen and oxygen atoms in total. The van der Waals surface area contributed by atoms with Gasteiger partial charge in [-0.1, -0.05) is 29.8 Å². The van der Waals surface area contributed by atoms with E-state index < -0.39 is 20.9 Å². The van der Waals surface area contributed by atoms with Gasteiger partial charge in [-0.05, 0) is 49.7 Å². The van der Waals surface area contributed by atoms with Crippen LogP contribution in [0.25, 0.3) is 0 Å². The number of nitro benzene ring substituents is 1. The zero-order chi connectivity index (χ0) is 22.8. The molecule has 160 valence electrons. The summed E-state index contributed by atoms with van der Waals surface area (Å²) in [5, 5.41) is 13.5. The molecule has 0 saturated carbocycles. The molecule has 0 heterocycles. The summed E-state index contributed by atoms with van der Waals surface area (Å²) in [7, 11) is -2.39. The van der Waals surface area contributed by atoms with Crippen molar-refractivity contribution in [3.63, 3.8) is 0 Å². The predicted molar refractivity (Wildman–Crippen MR) is 119 cm³/mol. The molecule has 0 atom stereocenters. The number of aryl methyl sites for hydroxylation is 2. The first kappa shape index (κ1) is 22.0. The van der Waals surface area contributed by atoms with E-state index in [1.807, 2.05) is 6.92 Å². The Kier molecular flexibility index (Phi) is 6.07. The van der Waals surface area contributed by atoms with E-state index in [0.29, 0.717) is 11.3 Å². The fourth-order valence-electron chi connectivity index (χ4n) is 2.99. The number of non-ortho nitro benzene ring substituents is 1. The monoisotopic (exact) mass is 439 g/mol. The summed E-state index contributed by atoms with van der Waals surface area (Å²) < 4.78 is 27.2. The summed E-state index contributed by atoms with van der Waals surface area (Å²) in [4.78, 5) is 23.2. The highest BCUT2D eigenvalue weighted by atomic mass is 32.2. The van der Waals surface area contributed by atoms with Gasteiger partial charge in [-0.3, -0.25) is 19.2 Å². The first-order chi connectivity index (χ1) is 14.6. The summed E-state index contributed by atoms with van der Waals surface area (Å²) in [6.45, 7) is 3.62. The van der Waals surface area contributed by atoms with Crippen LogP contribution in [0.2, 0.25) is 0 Å². The van der Waals surface area contributed by atoms with E-state index in [9.17, 15) is 23.3 Å². The second kappa shape index (κ2) is 8.57. The standard InChI is InChI=1S/C22H21N3O5S/c1-15-7-11-20(12-8-15)31(29,30)24(3)21-13-17(10-9-16(21)2)22(26)23-18-5-4-6-19(14-18)25(27)28/h4-14H,1-3H3,(H,23,26). The molecule has 0 aliphatic carbocycles. The highest BCUT2D eigenvalue weighted by molar-refractivity contribution is 7.92. The smallest absolute Gasteiger partial charge is 0.271 e. The lowest BCUT2D eigenvalue weighted by molar-refractivity contribution is -0.384. The molecule has 31 heavy (non-hydrogen) atoms. The zero-order valence-corrected chi connectivity index (χ0v) is 18.0. The van der Waals surface area contributed by atoms with Crippen LogP contribution in [0.1, 0.15) is 21.5 Å². The quantitative estimate of drug-likeness (QED) is 0.455. The number of rotatable bonds is 6. The second-order valence-electron chi connectivity index (χ2n) is 7.05. The first-order valence-corrected chi connectivity index (χ1v) is 10.8. The summed E-state index contributed by atoms with van der Waals surface area (Å²) in [6.07, 6.45) is 0. The molecular weight excluding hydrogens is 418 g/mol. The number of carbonyl (C=O) groups excluding carboxylic acids is 1. The third-order valence-corrected chi connectivity index (χ3v) is 6.59. The van der Waals surface area contributed by atoms with Gasteiger partial charge in [0.15, 0.2) is 0 Å². The number of hydrogen-bond acceptors (Lipinski definition) is 5. The van der Waals surface area contributed by atoms with Gasteiger partial charge in [0.2, 0.25) is 0 Å². The van der Waals surface area contributed by atoms with Crippen molar-refractivity contribution in [3.8, 4) is 0 Å². The van der Waals surface area contributed by atoms with E-state index in [4.69, 9.17) is 0 Å². The maximum atomic E-state index is 13.0. The van der Waals surface area contributed by atoms with E-state index >= 15 is 0 Å². The Bertz CT molecular complexity index is 1250. The number of anilines is 2. The molecule has 1 N–H and O–H groups in total. The number of nitrogens with one attached hydrogen (secondary N) is 1. The Morgan fingerprint density at radius 2 is 1.68 bits per heavy atom. The van der Waals surface area contributed by atoms with Gasteiger partial charge in [-0.25, -0.2) is 8.42 Å². The summed E-state index contributed by atoms with van der Waals surface area (Å²) in [6, 6.07) is 16.8. The molecule has 3 rings (SSSR count). The van der Waals surface area contributed by atoms with Crippen LogP contribution in [0.4, 0.5) is 17.1 Å². The molecule has 0 bridgehead atoms. The Morgan fingerprint density at radius 3 is 2.32 bits per heavy atom. The average molecular weight is 439 g/mol. The molecule has 9 heteroatoms. The highest BCUT2D eigenvalue weighted by Gasteiger charge is 2.23. The molecule has 0 aromatic heterocycles. The lowest BCUT2D eigenvalue weighted by Gasteiger charge is -2.22. The van der Waals surface area contributed by atoms with Crippen LogP contribution in [0.15, 0.2) is 71.6 Å². The predicted octanol–water partition coefficient (Wildman–Crippen LogP) is 4.29. The van der Waals surface area contributed by atoms with Crippen LogP contribution in [-0.4, -0.2) is 26.3 Å². The topological polar surface area (TPSA) is 110 Å². The third-order valence-electron chi connectivity index (χ3n) is 4.80. The number of nitro groups is 1. The number of sulfonamides is 1.